The molecule has 1 aliphatic rings. The van der Waals surface area contributed by atoms with Crippen LogP contribution in [0.2, 0.25) is 0 Å². The Morgan fingerprint density at radius 1 is 1.50 bits per heavy atom. The summed E-state index contributed by atoms with van der Waals surface area (Å²) in [7, 11) is 1.62. The molecular weight excluding hydrogens is 205 g/mol. The van der Waals surface area contributed by atoms with Crippen molar-refractivity contribution in [3.63, 3.8) is 0 Å². The third kappa shape index (κ3) is 2.35. The molecule has 1 aliphatic heterocycles. The molecule has 88 valence electrons. The fourth-order valence-corrected chi connectivity index (χ4v) is 2.27. The number of methoxy groups -OCH3 is 1. The van der Waals surface area contributed by atoms with Crippen LogP contribution in [0.5, 0.6) is 5.75 Å². The van der Waals surface area contributed by atoms with Crippen molar-refractivity contribution in [2.45, 2.75) is 19.8 Å². The Balaban J connectivity index is 2.20. The predicted octanol–water partition coefficient (Wildman–Crippen LogP) is 2.29. The monoisotopic (exact) mass is 223 g/mol. The van der Waals surface area contributed by atoms with Crippen LogP contribution in [-0.2, 0) is 6.42 Å². The molecule has 1 fully saturated rings. The first-order valence-corrected chi connectivity index (χ1v) is 5.74. The lowest BCUT2D eigenvalue weighted by Gasteiger charge is -2.12. The molecule has 0 aromatic heterocycles. The lowest BCUT2D eigenvalue weighted by atomic mass is 9.96. The number of ether oxygens (including phenoxy) is 1. The van der Waals surface area contributed by atoms with E-state index in [0.717, 1.165) is 37.2 Å². The van der Waals surface area contributed by atoms with Crippen LogP contribution in [-0.4, -0.2) is 20.2 Å². The van der Waals surface area contributed by atoms with Crippen LogP contribution < -0.4 is 10.1 Å². The fraction of sp³-hybridized carbons (Fsp3) is 0.538. The minimum Gasteiger partial charge on any atom is -0.497 e. The Labute approximate surface area is 95.8 Å². The van der Waals surface area contributed by atoms with Crippen LogP contribution in [0.3, 0.4) is 0 Å². The lowest BCUT2D eigenvalue weighted by molar-refractivity contribution is 0.411. The molecule has 0 aliphatic carbocycles. The normalized spacial score (nSPS) is 20.1. The Morgan fingerprint density at radius 2 is 2.31 bits per heavy atom. The molecule has 1 atom stereocenters. The number of hydrogen-bond acceptors (Lipinski definition) is 2. The molecule has 1 saturated heterocycles. The maximum Gasteiger partial charge on any atom is 0.129 e. The number of halogens is 1. The van der Waals surface area contributed by atoms with E-state index in [0.29, 0.717) is 11.5 Å². The van der Waals surface area contributed by atoms with E-state index >= 15 is 0 Å². The molecule has 1 aromatic carbocycles. The molecular formula is C13H18FNO. The van der Waals surface area contributed by atoms with E-state index in [-0.39, 0.29) is 5.82 Å². The summed E-state index contributed by atoms with van der Waals surface area (Å²) in [6, 6.07) is 3.56. The molecule has 1 unspecified atom stereocenters. The first-order valence-electron chi connectivity index (χ1n) is 5.74. The third-order valence-electron chi connectivity index (χ3n) is 3.21. The van der Waals surface area contributed by atoms with Gasteiger partial charge in [-0.25, -0.2) is 4.39 Å². The van der Waals surface area contributed by atoms with Crippen LogP contribution in [0.15, 0.2) is 12.1 Å². The van der Waals surface area contributed by atoms with Gasteiger partial charge in [-0.05, 0) is 62.0 Å². The van der Waals surface area contributed by atoms with Crippen molar-refractivity contribution in [1.29, 1.82) is 0 Å². The largest absolute Gasteiger partial charge is 0.497 e. The van der Waals surface area contributed by atoms with Crippen LogP contribution in [0.1, 0.15) is 17.5 Å². The minimum absolute atomic E-state index is 0.0762. The molecule has 0 saturated carbocycles. The highest BCUT2D eigenvalue weighted by Crippen LogP contribution is 2.24. The van der Waals surface area contributed by atoms with E-state index in [1.54, 1.807) is 20.1 Å². The van der Waals surface area contributed by atoms with Gasteiger partial charge in [0.15, 0.2) is 0 Å². The predicted molar refractivity (Wildman–Crippen MR) is 62.4 cm³/mol. The van der Waals surface area contributed by atoms with Gasteiger partial charge in [0.25, 0.3) is 0 Å². The molecule has 1 heterocycles. The number of aryl methyl sites for hydroxylation is 1. The van der Waals surface area contributed by atoms with Crippen LogP contribution in [0.25, 0.3) is 0 Å². The zero-order valence-electron chi connectivity index (χ0n) is 9.85. The molecule has 1 N–H and O–H groups in total. The molecule has 2 rings (SSSR count). The standard InChI is InChI=1S/C13H18FNO/c1-9-5-12(16-2)7-11(13(9)14)6-10-3-4-15-8-10/h5,7,10,15H,3-4,6,8H2,1-2H3. The van der Waals surface area contributed by atoms with Gasteiger partial charge in [-0.3, -0.25) is 0 Å². The van der Waals surface area contributed by atoms with Crippen molar-refractivity contribution in [1.82, 2.24) is 5.32 Å². The Morgan fingerprint density at radius 3 is 2.94 bits per heavy atom. The summed E-state index contributed by atoms with van der Waals surface area (Å²) in [6.07, 6.45) is 1.94. The summed E-state index contributed by atoms with van der Waals surface area (Å²) in [5.74, 6) is 1.23. The molecule has 0 bridgehead atoms. The number of hydrogen-bond donors (Lipinski definition) is 1. The van der Waals surface area contributed by atoms with Crippen molar-refractivity contribution in [3.05, 3.63) is 29.1 Å². The van der Waals surface area contributed by atoms with E-state index in [2.05, 4.69) is 5.32 Å². The highest BCUT2D eigenvalue weighted by atomic mass is 19.1. The smallest absolute Gasteiger partial charge is 0.129 e. The summed E-state index contributed by atoms with van der Waals surface area (Å²) < 4.78 is 19.1. The van der Waals surface area contributed by atoms with Gasteiger partial charge < -0.3 is 10.1 Å². The maximum absolute atomic E-state index is 13.9. The molecule has 16 heavy (non-hydrogen) atoms. The van der Waals surface area contributed by atoms with E-state index < -0.39 is 0 Å². The van der Waals surface area contributed by atoms with Crippen molar-refractivity contribution in [2.24, 2.45) is 5.92 Å². The third-order valence-corrected chi connectivity index (χ3v) is 3.21. The van der Waals surface area contributed by atoms with Crippen molar-refractivity contribution in [2.75, 3.05) is 20.2 Å². The van der Waals surface area contributed by atoms with Gasteiger partial charge in [0.2, 0.25) is 0 Å². The Kier molecular flexibility index (Phi) is 3.44. The summed E-state index contributed by atoms with van der Waals surface area (Å²) >= 11 is 0. The highest BCUT2D eigenvalue weighted by molar-refractivity contribution is 5.35. The Bertz CT molecular complexity index is 372. The number of nitrogens with one attached hydrogen (secondary N) is 1. The van der Waals surface area contributed by atoms with E-state index in [4.69, 9.17) is 4.74 Å². The highest BCUT2D eigenvalue weighted by Gasteiger charge is 2.18. The van der Waals surface area contributed by atoms with Gasteiger partial charge in [-0.1, -0.05) is 0 Å². The van der Waals surface area contributed by atoms with Gasteiger partial charge in [-0.2, -0.15) is 0 Å². The second kappa shape index (κ2) is 4.83. The van der Waals surface area contributed by atoms with Crippen molar-refractivity contribution < 1.29 is 9.13 Å². The summed E-state index contributed by atoms with van der Waals surface area (Å²) in [5, 5.41) is 3.30. The van der Waals surface area contributed by atoms with Crippen LogP contribution >= 0.6 is 0 Å². The maximum atomic E-state index is 13.9. The number of rotatable bonds is 3. The van der Waals surface area contributed by atoms with Crippen LogP contribution in [0, 0.1) is 18.7 Å². The molecule has 3 heteroatoms. The average Bonchev–Trinajstić information content (AvgIpc) is 2.77. The van der Waals surface area contributed by atoms with Gasteiger partial charge >= 0.3 is 0 Å². The second-order valence-corrected chi connectivity index (χ2v) is 4.48. The molecule has 0 amide bonds. The topological polar surface area (TPSA) is 21.3 Å². The van der Waals surface area contributed by atoms with E-state index in [1.165, 1.54) is 0 Å². The van der Waals surface area contributed by atoms with E-state index in [9.17, 15) is 4.39 Å². The summed E-state index contributed by atoms with van der Waals surface area (Å²) in [6.45, 7) is 3.83. The van der Waals surface area contributed by atoms with Crippen LogP contribution in [0.4, 0.5) is 4.39 Å². The SMILES string of the molecule is COc1cc(C)c(F)c(CC2CCNC2)c1. The zero-order chi connectivity index (χ0) is 11.5. The molecule has 1 aromatic rings. The zero-order valence-corrected chi connectivity index (χ0v) is 9.85. The molecule has 2 nitrogen and oxygen atoms in total. The number of benzene rings is 1. The van der Waals surface area contributed by atoms with Gasteiger partial charge in [0, 0.05) is 0 Å². The summed E-state index contributed by atoms with van der Waals surface area (Å²) in [5.41, 5.74) is 1.45. The fourth-order valence-electron chi connectivity index (χ4n) is 2.27. The quantitative estimate of drug-likeness (QED) is 0.849. The first kappa shape index (κ1) is 11.4. The Hall–Kier alpha value is -1.09. The van der Waals surface area contributed by atoms with E-state index in [1.807, 2.05) is 6.07 Å². The molecule has 0 spiro atoms. The van der Waals surface area contributed by atoms with Gasteiger partial charge in [-0.15, -0.1) is 0 Å². The first-order chi connectivity index (χ1) is 7.70. The van der Waals surface area contributed by atoms with Gasteiger partial charge in [0.1, 0.15) is 11.6 Å². The average molecular weight is 223 g/mol. The van der Waals surface area contributed by atoms with Gasteiger partial charge in [0.05, 0.1) is 7.11 Å². The second-order valence-electron chi connectivity index (χ2n) is 4.48. The summed E-state index contributed by atoms with van der Waals surface area (Å²) in [4.78, 5) is 0. The minimum atomic E-state index is -0.0762. The van der Waals surface area contributed by atoms with Crippen molar-refractivity contribution in [3.8, 4) is 5.75 Å². The lowest BCUT2D eigenvalue weighted by Crippen LogP contribution is -2.11. The molecule has 0 radical (unpaired) electrons. The van der Waals surface area contributed by atoms with Crippen molar-refractivity contribution >= 4 is 0 Å².